The third kappa shape index (κ3) is 8.21. The maximum absolute atomic E-state index is 13.7. The lowest BCUT2D eigenvalue weighted by Gasteiger charge is -2.32. The van der Waals surface area contributed by atoms with Crippen LogP contribution in [0, 0.1) is 6.92 Å². The van der Waals surface area contributed by atoms with Crippen molar-refractivity contribution in [3.05, 3.63) is 102 Å². The van der Waals surface area contributed by atoms with E-state index in [9.17, 15) is 9.59 Å². The zero-order valence-electron chi connectivity index (χ0n) is 21.8. The first-order chi connectivity index (χ1) is 18.1. The van der Waals surface area contributed by atoms with Crippen LogP contribution in [0.15, 0.2) is 84.9 Å². The monoisotopic (exact) mass is 498 g/mol. The van der Waals surface area contributed by atoms with Crippen molar-refractivity contribution in [2.24, 2.45) is 0 Å². The molecule has 0 aliphatic heterocycles. The Labute approximate surface area is 220 Å². The minimum atomic E-state index is -0.575. The van der Waals surface area contributed by atoms with Gasteiger partial charge in [0.15, 0.2) is 0 Å². The molecule has 0 unspecified atom stereocenters. The van der Waals surface area contributed by atoms with Gasteiger partial charge in [-0.1, -0.05) is 91.2 Å². The first-order valence-corrected chi connectivity index (χ1v) is 13.5. The van der Waals surface area contributed by atoms with Gasteiger partial charge in [0.2, 0.25) is 11.8 Å². The van der Waals surface area contributed by atoms with E-state index < -0.39 is 6.04 Å². The Kier molecular flexibility index (Phi) is 9.75. The van der Waals surface area contributed by atoms with E-state index in [1.165, 1.54) is 5.56 Å². The number of nitrogens with one attached hydrogen (secondary N) is 1. The number of nitrogens with zero attached hydrogens (tertiary/aromatic N) is 1. The summed E-state index contributed by atoms with van der Waals surface area (Å²) in [6, 6.07) is 27.4. The van der Waals surface area contributed by atoms with Crippen LogP contribution in [0.1, 0.15) is 55.2 Å². The number of benzene rings is 3. The third-order valence-electron chi connectivity index (χ3n) is 6.99. The number of carbonyl (C=O) groups excluding carboxylic acids is 2. The molecule has 1 aliphatic carbocycles. The van der Waals surface area contributed by atoms with Crippen molar-refractivity contribution in [2.75, 3.05) is 6.61 Å². The summed E-state index contributed by atoms with van der Waals surface area (Å²) in [6.45, 7) is 2.89. The van der Waals surface area contributed by atoms with Gasteiger partial charge in [0.1, 0.15) is 11.8 Å². The molecule has 0 spiro atoms. The van der Waals surface area contributed by atoms with Crippen molar-refractivity contribution in [3.8, 4) is 5.75 Å². The number of hydrogen-bond donors (Lipinski definition) is 1. The second-order valence-corrected chi connectivity index (χ2v) is 9.97. The Morgan fingerprint density at radius 1 is 0.892 bits per heavy atom. The number of hydrogen-bond acceptors (Lipinski definition) is 3. The maximum atomic E-state index is 13.7. The first kappa shape index (κ1) is 26.5. The Morgan fingerprint density at radius 3 is 2.16 bits per heavy atom. The van der Waals surface area contributed by atoms with Crippen molar-refractivity contribution in [1.82, 2.24) is 10.2 Å². The van der Waals surface area contributed by atoms with Crippen LogP contribution in [0.5, 0.6) is 5.75 Å². The van der Waals surface area contributed by atoms with E-state index in [-0.39, 0.29) is 17.9 Å². The fraction of sp³-hybridized carbons (Fsp3) is 0.375. The van der Waals surface area contributed by atoms with E-state index in [2.05, 4.69) is 5.32 Å². The van der Waals surface area contributed by atoms with Gasteiger partial charge in [-0.05, 0) is 49.4 Å². The minimum absolute atomic E-state index is 0.0288. The fourth-order valence-corrected chi connectivity index (χ4v) is 4.89. The van der Waals surface area contributed by atoms with E-state index in [0.717, 1.165) is 42.6 Å². The van der Waals surface area contributed by atoms with Gasteiger partial charge in [-0.2, -0.15) is 0 Å². The second kappa shape index (κ2) is 13.6. The van der Waals surface area contributed by atoms with Crippen LogP contribution in [0.3, 0.4) is 0 Å². The molecule has 37 heavy (non-hydrogen) atoms. The molecule has 0 heterocycles. The van der Waals surface area contributed by atoms with Gasteiger partial charge in [-0.25, -0.2) is 0 Å². The average molecular weight is 499 g/mol. The minimum Gasteiger partial charge on any atom is -0.494 e. The zero-order chi connectivity index (χ0) is 25.9. The quantitative estimate of drug-likeness (QED) is 0.319. The van der Waals surface area contributed by atoms with Crippen LogP contribution in [-0.2, 0) is 22.6 Å². The summed E-state index contributed by atoms with van der Waals surface area (Å²) in [5.41, 5.74) is 3.24. The Balaban J connectivity index is 1.49. The fourth-order valence-electron chi connectivity index (χ4n) is 4.89. The molecule has 0 radical (unpaired) electrons. The van der Waals surface area contributed by atoms with E-state index in [1.807, 2.05) is 91.9 Å². The predicted octanol–water partition coefficient (Wildman–Crippen LogP) is 5.85. The SMILES string of the molecule is Cc1ccc(OCCCC(=O)N(Cc2ccccc2)[C@H](Cc2ccccc2)C(=O)NC2CCCC2)cc1. The predicted molar refractivity (Wildman–Crippen MR) is 147 cm³/mol. The average Bonchev–Trinajstić information content (AvgIpc) is 3.43. The smallest absolute Gasteiger partial charge is 0.243 e. The van der Waals surface area contributed by atoms with E-state index in [1.54, 1.807) is 4.90 Å². The molecular weight excluding hydrogens is 460 g/mol. The highest BCUT2D eigenvalue weighted by Gasteiger charge is 2.31. The lowest BCUT2D eigenvalue weighted by atomic mass is 10.0. The normalized spacial score (nSPS) is 14.2. The molecule has 1 atom stereocenters. The molecule has 3 aromatic carbocycles. The van der Waals surface area contributed by atoms with Crippen LogP contribution in [0.2, 0.25) is 0 Å². The molecule has 1 saturated carbocycles. The molecule has 5 heteroatoms. The van der Waals surface area contributed by atoms with Gasteiger partial charge >= 0.3 is 0 Å². The summed E-state index contributed by atoms with van der Waals surface area (Å²) in [6.07, 6.45) is 5.68. The number of aryl methyl sites for hydroxylation is 1. The van der Waals surface area contributed by atoms with Crippen molar-refractivity contribution in [1.29, 1.82) is 0 Å². The Morgan fingerprint density at radius 2 is 1.51 bits per heavy atom. The number of ether oxygens (including phenoxy) is 1. The number of carbonyl (C=O) groups is 2. The lowest BCUT2D eigenvalue weighted by Crippen LogP contribution is -2.52. The lowest BCUT2D eigenvalue weighted by molar-refractivity contribution is -0.141. The molecule has 4 rings (SSSR count). The largest absolute Gasteiger partial charge is 0.494 e. The summed E-state index contributed by atoms with van der Waals surface area (Å²) < 4.78 is 5.85. The Bertz CT molecular complexity index is 1110. The Hall–Kier alpha value is -3.60. The third-order valence-corrected chi connectivity index (χ3v) is 6.99. The molecule has 194 valence electrons. The summed E-state index contributed by atoms with van der Waals surface area (Å²) in [7, 11) is 0. The van der Waals surface area contributed by atoms with Crippen LogP contribution < -0.4 is 10.1 Å². The van der Waals surface area contributed by atoms with Gasteiger partial charge in [0.25, 0.3) is 0 Å². The van der Waals surface area contributed by atoms with Gasteiger partial charge < -0.3 is 15.0 Å². The van der Waals surface area contributed by atoms with Gasteiger partial charge in [-0.3, -0.25) is 9.59 Å². The van der Waals surface area contributed by atoms with Gasteiger partial charge in [0.05, 0.1) is 6.61 Å². The molecule has 0 saturated heterocycles. The molecule has 0 aromatic heterocycles. The molecule has 5 nitrogen and oxygen atoms in total. The van der Waals surface area contributed by atoms with Crippen LogP contribution >= 0.6 is 0 Å². The summed E-state index contributed by atoms with van der Waals surface area (Å²) in [5.74, 6) is 0.715. The van der Waals surface area contributed by atoms with Crippen LogP contribution in [0.25, 0.3) is 0 Å². The summed E-state index contributed by atoms with van der Waals surface area (Å²) >= 11 is 0. The van der Waals surface area contributed by atoms with Gasteiger partial charge in [-0.15, -0.1) is 0 Å². The van der Waals surface area contributed by atoms with Crippen molar-refractivity contribution in [2.45, 2.75) is 70.5 Å². The van der Waals surface area contributed by atoms with Crippen molar-refractivity contribution < 1.29 is 14.3 Å². The highest BCUT2D eigenvalue weighted by molar-refractivity contribution is 5.88. The maximum Gasteiger partial charge on any atom is 0.243 e. The molecule has 3 aromatic rings. The molecule has 1 aliphatic rings. The first-order valence-electron chi connectivity index (χ1n) is 13.5. The standard InChI is InChI=1S/C32H38N2O3/c1-25-18-20-29(21-19-25)37-22-10-17-31(35)34(24-27-13-6-3-7-14-27)30(23-26-11-4-2-5-12-26)32(36)33-28-15-8-9-16-28/h2-7,11-14,18-21,28,30H,8-10,15-17,22-24H2,1H3,(H,33,36)/t30-/m1/s1. The number of amides is 2. The summed E-state index contributed by atoms with van der Waals surface area (Å²) in [4.78, 5) is 29.1. The molecule has 1 N–H and O–H groups in total. The van der Waals surface area contributed by atoms with Gasteiger partial charge in [0, 0.05) is 25.4 Å². The highest BCUT2D eigenvalue weighted by Crippen LogP contribution is 2.21. The molecular formula is C32H38N2O3. The molecule has 0 bridgehead atoms. The van der Waals surface area contributed by atoms with Crippen LogP contribution in [-0.4, -0.2) is 35.4 Å². The topological polar surface area (TPSA) is 58.6 Å². The molecule has 2 amide bonds. The van der Waals surface area contributed by atoms with E-state index >= 15 is 0 Å². The second-order valence-electron chi connectivity index (χ2n) is 9.97. The van der Waals surface area contributed by atoms with Crippen molar-refractivity contribution in [3.63, 3.8) is 0 Å². The van der Waals surface area contributed by atoms with E-state index in [0.29, 0.717) is 32.4 Å². The van der Waals surface area contributed by atoms with E-state index in [4.69, 9.17) is 4.74 Å². The number of rotatable bonds is 12. The summed E-state index contributed by atoms with van der Waals surface area (Å²) in [5, 5.41) is 3.26. The zero-order valence-corrected chi connectivity index (χ0v) is 21.8. The van der Waals surface area contributed by atoms with Crippen LogP contribution in [0.4, 0.5) is 0 Å². The highest BCUT2D eigenvalue weighted by atomic mass is 16.5. The molecule has 1 fully saturated rings. The van der Waals surface area contributed by atoms with Crippen molar-refractivity contribution >= 4 is 11.8 Å².